The Hall–Kier alpha value is -3.02. The molecular weight excluding hydrogens is 307 g/mol. The second-order valence-corrected chi connectivity index (χ2v) is 5.85. The minimum atomic E-state index is -0.246. The number of amides is 1. The number of hydrogen-bond acceptors (Lipinski definition) is 3. The van der Waals surface area contributed by atoms with Crippen molar-refractivity contribution in [3.63, 3.8) is 0 Å². The van der Waals surface area contributed by atoms with Crippen LogP contribution in [-0.2, 0) is 0 Å². The minimum Gasteiger partial charge on any atom is -0.349 e. The van der Waals surface area contributed by atoms with Crippen molar-refractivity contribution in [1.29, 1.82) is 0 Å². The molecule has 1 amide bonds. The van der Waals surface area contributed by atoms with Gasteiger partial charge < -0.3 is 5.32 Å². The molecule has 4 rings (SSSR count). The van der Waals surface area contributed by atoms with Crippen LogP contribution in [0.4, 0.5) is 4.39 Å². The number of nitrogens with zero attached hydrogens (tertiary/aromatic N) is 3. The summed E-state index contributed by atoms with van der Waals surface area (Å²) in [4.78, 5) is 20.6. The van der Waals surface area contributed by atoms with E-state index in [-0.39, 0.29) is 23.7 Å². The highest BCUT2D eigenvalue weighted by atomic mass is 19.1. The molecule has 0 bridgehead atoms. The quantitative estimate of drug-likeness (QED) is 0.803. The molecule has 6 heteroatoms. The lowest BCUT2D eigenvalue weighted by Crippen LogP contribution is -2.26. The predicted octanol–water partition coefficient (Wildman–Crippen LogP) is 2.69. The van der Waals surface area contributed by atoms with Gasteiger partial charge >= 0.3 is 0 Å². The van der Waals surface area contributed by atoms with Crippen molar-refractivity contribution in [2.45, 2.75) is 18.4 Å². The van der Waals surface area contributed by atoms with Crippen molar-refractivity contribution in [2.75, 3.05) is 0 Å². The molecule has 0 aliphatic heterocycles. The van der Waals surface area contributed by atoms with Gasteiger partial charge in [0.25, 0.3) is 5.91 Å². The lowest BCUT2D eigenvalue weighted by molar-refractivity contribution is 0.0950. The van der Waals surface area contributed by atoms with Crippen molar-refractivity contribution in [1.82, 2.24) is 19.9 Å². The summed E-state index contributed by atoms with van der Waals surface area (Å²) in [7, 11) is 0. The maximum absolute atomic E-state index is 13.0. The Kier molecular flexibility index (Phi) is 3.57. The van der Waals surface area contributed by atoms with Gasteiger partial charge in [-0.15, -0.1) is 0 Å². The molecule has 1 aliphatic carbocycles. The maximum atomic E-state index is 13.0. The molecule has 1 aliphatic rings. The fourth-order valence-electron chi connectivity index (χ4n) is 2.78. The van der Waals surface area contributed by atoms with Crippen molar-refractivity contribution in [3.8, 4) is 5.82 Å². The molecule has 3 aromatic rings. The Labute approximate surface area is 138 Å². The lowest BCUT2D eigenvalue weighted by Gasteiger charge is -2.07. The van der Waals surface area contributed by atoms with Gasteiger partial charge in [0.2, 0.25) is 0 Å². The summed E-state index contributed by atoms with van der Waals surface area (Å²) in [5, 5.41) is 3.02. The van der Waals surface area contributed by atoms with Crippen molar-refractivity contribution in [3.05, 3.63) is 78.3 Å². The number of hydrogen-bond donors (Lipinski definition) is 1. The number of benzene rings is 1. The largest absolute Gasteiger partial charge is 0.349 e. The molecule has 1 N–H and O–H groups in total. The van der Waals surface area contributed by atoms with Crippen molar-refractivity contribution in [2.24, 2.45) is 0 Å². The first-order valence-electron chi connectivity index (χ1n) is 7.71. The Bertz CT molecular complexity index is 861. The molecule has 1 fully saturated rings. The molecule has 0 radical (unpaired) electrons. The first-order chi connectivity index (χ1) is 11.7. The van der Waals surface area contributed by atoms with E-state index in [4.69, 9.17) is 0 Å². The first-order valence-corrected chi connectivity index (χ1v) is 7.71. The van der Waals surface area contributed by atoms with E-state index < -0.39 is 0 Å². The van der Waals surface area contributed by atoms with Crippen LogP contribution in [0.5, 0.6) is 0 Å². The third-order valence-electron chi connectivity index (χ3n) is 4.18. The highest BCUT2D eigenvalue weighted by molar-refractivity contribution is 5.95. The van der Waals surface area contributed by atoms with Crippen molar-refractivity contribution < 1.29 is 9.18 Å². The van der Waals surface area contributed by atoms with Gasteiger partial charge in [0.1, 0.15) is 18.0 Å². The average molecular weight is 322 g/mol. The van der Waals surface area contributed by atoms with Gasteiger partial charge in [0.05, 0.1) is 0 Å². The molecule has 1 saturated carbocycles. The van der Waals surface area contributed by atoms with Crippen LogP contribution in [-0.4, -0.2) is 26.5 Å². The highest BCUT2D eigenvalue weighted by Gasteiger charge is 2.39. The average Bonchev–Trinajstić information content (AvgIpc) is 3.14. The number of nitrogens with one attached hydrogen (secondary N) is 1. The summed E-state index contributed by atoms with van der Waals surface area (Å²) in [6.45, 7) is 0. The SMILES string of the molecule is O=C(N[C@@H]1C[C@@H]1c1ccc(F)cc1)c1ccnc(-n2ccnc2)c1. The molecule has 2 atom stereocenters. The molecule has 120 valence electrons. The van der Waals surface area contributed by atoms with Crippen LogP contribution in [0.15, 0.2) is 61.3 Å². The van der Waals surface area contributed by atoms with Gasteiger partial charge in [0.15, 0.2) is 0 Å². The number of carbonyl (C=O) groups is 1. The van der Waals surface area contributed by atoms with E-state index in [1.807, 2.05) is 0 Å². The van der Waals surface area contributed by atoms with Crippen LogP contribution >= 0.6 is 0 Å². The summed E-state index contributed by atoms with van der Waals surface area (Å²) in [6, 6.07) is 9.95. The maximum Gasteiger partial charge on any atom is 0.251 e. The number of rotatable bonds is 4. The monoisotopic (exact) mass is 322 g/mol. The lowest BCUT2D eigenvalue weighted by atomic mass is 10.1. The molecule has 24 heavy (non-hydrogen) atoms. The second-order valence-electron chi connectivity index (χ2n) is 5.85. The van der Waals surface area contributed by atoms with Crippen LogP contribution in [0.1, 0.15) is 28.3 Å². The topological polar surface area (TPSA) is 59.8 Å². The first kappa shape index (κ1) is 14.6. The molecule has 0 spiro atoms. The third-order valence-corrected chi connectivity index (χ3v) is 4.18. The van der Waals surface area contributed by atoms with Gasteiger partial charge in [-0.3, -0.25) is 9.36 Å². The summed E-state index contributed by atoms with van der Waals surface area (Å²) in [5.74, 6) is 0.521. The number of imidazole rings is 1. The van der Waals surface area contributed by atoms with E-state index in [0.717, 1.165) is 12.0 Å². The van der Waals surface area contributed by atoms with Crippen LogP contribution in [0.3, 0.4) is 0 Å². The van der Waals surface area contributed by atoms with Gasteiger partial charge in [-0.1, -0.05) is 12.1 Å². The van der Waals surface area contributed by atoms with Crippen LogP contribution in [0.25, 0.3) is 5.82 Å². The van der Waals surface area contributed by atoms with E-state index in [1.165, 1.54) is 12.1 Å². The number of aromatic nitrogens is 3. The number of halogens is 1. The molecular formula is C18H15FN4O. The summed E-state index contributed by atoms with van der Waals surface area (Å²) in [6.07, 6.45) is 7.54. The van der Waals surface area contributed by atoms with Crippen LogP contribution < -0.4 is 5.32 Å². The zero-order valence-electron chi connectivity index (χ0n) is 12.8. The van der Waals surface area contributed by atoms with Gasteiger partial charge in [-0.25, -0.2) is 14.4 Å². The standard InChI is InChI=1S/C18H15FN4O/c19-14-3-1-12(2-4-14)15-10-16(15)22-18(24)13-5-6-21-17(9-13)23-8-7-20-11-23/h1-9,11,15-16H,10H2,(H,22,24)/t15-,16-/m1/s1. The Morgan fingerprint density at radius 3 is 2.79 bits per heavy atom. The minimum absolute atomic E-state index is 0.0906. The molecule has 0 saturated heterocycles. The van der Waals surface area contributed by atoms with E-state index in [9.17, 15) is 9.18 Å². The van der Waals surface area contributed by atoms with Crippen LogP contribution in [0.2, 0.25) is 0 Å². The molecule has 5 nitrogen and oxygen atoms in total. The summed E-state index contributed by atoms with van der Waals surface area (Å²) >= 11 is 0. The highest BCUT2D eigenvalue weighted by Crippen LogP contribution is 2.40. The van der Waals surface area contributed by atoms with E-state index in [2.05, 4.69) is 15.3 Å². The van der Waals surface area contributed by atoms with Gasteiger partial charge in [-0.05, 0) is 36.2 Å². The Morgan fingerprint density at radius 1 is 1.21 bits per heavy atom. The molecule has 0 unspecified atom stereocenters. The predicted molar refractivity (Wildman–Crippen MR) is 86.4 cm³/mol. The summed E-state index contributed by atoms with van der Waals surface area (Å²) in [5.41, 5.74) is 1.61. The van der Waals surface area contributed by atoms with Crippen LogP contribution in [0, 0.1) is 5.82 Å². The molecule has 2 heterocycles. The number of carbonyl (C=O) groups excluding carboxylic acids is 1. The smallest absolute Gasteiger partial charge is 0.251 e. The van der Waals surface area contributed by atoms with E-state index in [0.29, 0.717) is 11.4 Å². The fourth-order valence-corrected chi connectivity index (χ4v) is 2.78. The Morgan fingerprint density at radius 2 is 2.04 bits per heavy atom. The second kappa shape index (κ2) is 5.88. The van der Waals surface area contributed by atoms with Gasteiger partial charge in [0, 0.05) is 36.1 Å². The zero-order valence-corrected chi connectivity index (χ0v) is 12.8. The normalized spacial score (nSPS) is 19.0. The summed E-state index contributed by atoms with van der Waals surface area (Å²) < 4.78 is 14.7. The molecule has 2 aromatic heterocycles. The molecule has 1 aromatic carbocycles. The zero-order chi connectivity index (χ0) is 16.5. The Balaban J connectivity index is 1.44. The number of pyridine rings is 1. The van der Waals surface area contributed by atoms with E-state index >= 15 is 0 Å². The fraction of sp³-hybridized carbons (Fsp3) is 0.167. The van der Waals surface area contributed by atoms with Crippen molar-refractivity contribution >= 4 is 5.91 Å². The van der Waals surface area contributed by atoms with Gasteiger partial charge in [-0.2, -0.15) is 0 Å². The third kappa shape index (κ3) is 2.90. The van der Waals surface area contributed by atoms with E-state index in [1.54, 1.807) is 53.8 Å².